The SMILES string of the molecule is CC(C(=O)N1CC[C@@H]2CNC[C@@H]2CC1)n1nnc(-c2ccccc2)n1.Cl. The fourth-order valence-corrected chi connectivity index (χ4v) is 3.89. The molecule has 8 heteroatoms. The Morgan fingerprint density at radius 1 is 1.15 bits per heavy atom. The third-order valence-electron chi connectivity index (χ3n) is 5.50. The molecule has 0 spiro atoms. The van der Waals surface area contributed by atoms with Crippen molar-refractivity contribution < 1.29 is 4.79 Å². The predicted molar refractivity (Wildman–Crippen MR) is 101 cm³/mol. The number of nitrogens with zero attached hydrogens (tertiary/aromatic N) is 5. The Morgan fingerprint density at radius 2 is 1.81 bits per heavy atom. The highest BCUT2D eigenvalue weighted by Gasteiger charge is 2.33. The Hall–Kier alpha value is -1.99. The normalized spacial score (nSPS) is 23.7. The van der Waals surface area contributed by atoms with Crippen LogP contribution in [0.2, 0.25) is 0 Å². The summed E-state index contributed by atoms with van der Waals surface area (Å²) in [5.41, 5.74) is 0.906. The van der Waals surface area contributed by atoms with Gasteiger partial charge in [0.1, 0.15) is 6.04 Å². The molecule has 2 fully saturated rings. The van der Waals surface area contributed by atoms with Crippen molar-refractivity contribution in [1.82, 2.24) is 30.4 Å². The average molecular weight is 377 g/mol. The number of benzene rings is 1. The lowest BCUT2D eigenvalue weighted by atomic mass is 9.92. The van der Waals surface area contributed by atoms with Gasteiger partial charge in [-0.15, -0.1) is 22.6 Å². The number of rotatable bonds is 3. The van der Waals surface area contributed by atoms with Crippen molar-refractivity contribution in [3.8, 4) is 11.4 Å². The Kier molecular flexibility index (Phi) is 5.88. The minimum absolute atomic E-state index is 0. The highest BCUT2D eigenvalue weighted by molar-refractivity contribution is 5.85. The van der Waals surface area contributed by atoms with Crippen LogP contribution in [-0.2, 0) is 4.79 Å². The molecule has 7 nitrogen and oxygen atoms in total. The second kappa shape index (κ2) is 8.14. The fourth-order valence-electron chi connectivity index (χ4n) is 3.89. The minimum atomic E-state index is -0.430. The van der Waals surface area contributed by atoms with Gasteiger partial charge in [0.2, 0.25) is 11.7 Å². The van der Waals surface area contributed by atoms with Gasteiger partial charge in [-0.05, 0) is 49.9 Å². The molecule has 2 aromatic rings. The molecule has 4 rings (SSSR count). The number of halogens is 1. The van der Waals surface area contributed by atoms with E-state index >= 15 is 0 Å². The molecule has 3 heterocycles. The van der Waals surface area contributed by atoms with Gasteiger partial charge >= 0.3 is 0 Å². The number of carbonyl (C=O) groups excluding carboxylic acids is 1. The first kappa shape index (κ1) is 18.8. The third kappa shape index (κ3) is 3.73. The number of amides is 1. The second-order valence-electron chi connectivity index (χ2n) is 7.06. The van der Waals surface area contributed by atoms with Crippen molar-refractivity contribution in [3.05, 3.63) is 30.3 Å². The molecule has 140 valence electrons. The van der Waals surface area contributed by atoms with E-state index in [2.05, 4.69) is 20.7 Å². The molecule has 2 saturated heterocycles. The average Bonchev–Trinajstić information content (AvgIpc) is 3.27. The molecule has 1 amide bonds. The predicted octanol–water partition coefficient (Wildman–Crippen LogP) is 1.78. The first-order valence-corrected chi connectivity index (χ1v) is 9.07. The van der Waals surface area contributed by atoms with Crippen LogP contribution in [0.5, 0.6) is 0 Å². The smallest absolute Gasteiger partial charge is 0.249 e. The third-order valence-corrected chi connectivity index (χ3v) is 5.50. The van der Waals surface area contributed by atoms with E-state index in [1.807, 2.05) is 42.2 Å². The summed E-state index contributed by atoms with van der Waals surface area (Å²) in [6.07, 6.45) is 2.16. The van der Waals surface area contributed by atoms with Crippen LogP contribution in [0.15, 0.2) is 30.3 Å². The zero-order valence-corrected chi connectivity index (χ0v) is 15.7. The summed E-state index contributed by atoms with van der Waals surface area (Å²) < 4.78 is 0. The van der Waals surface area contributed by atoms with E-state index in [9.17, 15) is 4.79 Å². The van der Waals surface area contributed by atoms with Crippen molar-refractivity contribution >= 4 is 18.3 Å². The van der Waals surface area contributed by atoms with Gasteiger partial charge in [0.25, 0.3) is 0 Å². The Bertz CT molecular complexity index is 722. The number of aromatic nitrogens is 4. The van der Waals surface area contributed by atoms with Crippen LogP contribution in [0.4, 0.5) is 0 Å². The van der Waals surface area contributed by atoms with Crippen LogP contribution in [0.3, 0.4) is 0 Å². The molecule has 2 aliphatic heterocycles. The van der Waals surface area contributed by atoms with Crippen molar-refractivity contribution in [2.75, 3.05) is 26.2 Å². The molecule has 0 bridgehead atoms. The molecular weight excluding hydrogens is 352 g/mol. The van der Waals surface area contributed by atoms with Gasteiger partial charge < -0.3 is 10.2 Å². The largest absolute Gasteiger partial charge is 0.341 e. The maximum absolute atomic E-state index is 12.9. The standard InChI is InChI=1S/C18H24N6O.ClH/c1-13(24-21-17(20-22-24)14-5-3-2-4-6-14)18(25)23-9-7-15-11-19-12-16(15)8-10-23;/h2-6,13,15-16,19H,7-12H2,1H3;1H/t13?,15-,16+;. The molecule has 0 radical (unpaired) electrons. The van der Waals surface area contributed by atoms with Gasteiger partial charge in [0, 0.05) is 18.7 Å². The van der Waals surface area contributed by atoms with E-state index in [-0.39, 0.29) is 18.3 Å². The number of hydrogen-bond donors (Lipinski definition) is 1. The van der Waals surface area contributed by atoms with Gasteiger partial charge in [-0.2, -0.15) is 4.80 Å². The molecule has 1 N–H and O–H groups in total. The molecule has 1 aromatic heterocycles. The van der Waals surface area contributed by atoms with Crippen LogP contribution in [0.1, 0.15) is 25.8 Å². The van der Waals surface area contributed by atoms with Crippen molar-refractivity contribution in [2.45, 2.75) is 25.8 Å². The maximum atomic E-state index is 12.9. The first-order valence-electron chi connectivity index (χ1n) is 9.07. The molecule has 1 aromatic carbocycles. The maximum Gasteiger partial charge on any atom is 0.249 e. The molecule has 0 aliphatic carbocycles. The van der Waals surface area contributed by atoms with Crippen LogP contribution in [-0.4, -0.2) is 57.2 Å². The highest BCUT2D eigenvalue weighted by atomic mass is 35.5. The van der Waals surface area contributed by atoms with Crippen molar-refractivity contribution in [1.29, 1.82) is 0 Å². The second-order valence-corrected chi connectivity index (χ2v) is 7.06. The zero-order chi connectivity index (χ0) is 17.2. The lowest BCUT2D eigenvalue weighted by Gasteiger charge is -2.23. The van der Waals surface area contributed by atoms with Crippen LogP contribution in [0.25, 0.3) is 11.4 Å². The quantitative estimate of drug-likeness (QED) is 0.883. The van der Waals surface area contributed by atoms with Crippen molar-refractivity contribution in [2.24, 2.45) is 11.8 Å². The van der Waals surface area contributed by atoms with Gasteiger partial charge in [-0.1, -0.05) is 30.3 Å². The van der Waals surface area contributed by atoms with E-state index in [0.717, 1.165) is 44.6 Å². The van der Waals surface area contributed by atoms with Crippen molar-refractivity contribution in [3.63, 3.8) is 0 Å². The topological polar surface area (TPSA) is 75.9 Å². The summed E-state index contributed by atoms with van der Waals surface area (Å²) in [5, 5.41) is 16.1. The Morgan fingerprint density at radius 3 is 2.46 bits per heavy atom. The summed E-state index contributed by atoms with van der Waals surface area (Å²) in [5.74, 6) is 2.06. The van der Waals surface area contributed by atoms with Gasteiger partial charge in [-0.25, -0.2) is 0 Å². The summed E-state index contributed by atoms with van der Waals surface area (Å²) in [7, 11) is 0. The molecular formula is C18H25ClN6O. The molecule has 0 saturated carbocycles. The number of nitrogens with one attached hydrogen (secondary N) is 1. The number of tetrazole rings is 1. The van der Waals surface area contributed by atoms with E-state index in [1.54, 1.807) is 0 Å². The number of carbonyl (C=O) groups is 1. The number of likely N-dealkylation sites (tertiary alicyclic amines) is 1. The van der Waals surface area contributed by atoms with E-state index < -0.39 is 6.04 Å². The minimum Gasteiger partial charge on any atom is -0.341 e. The summed E-state index contributed by atoms with van der Waals surface area (Å²) in [4.78, 5) is 16.3. The first-order chi connectivity index (χ1) is 12.2. The van der Waals surface area contributed by atoms with Crippen LogP contribution >= 0.6 is 12.4 Å². The van der Waals surface area contributed by atoms with Gasteiger partial charge in [0.15, 0.2) is 0 Å². The summed E-state index contributed by atoms with van der Waals surface area (Å²) in [6.45, 7) is 5.69. The van der Waals surface area contributed by atoms with Crippen LogP contribution < -0.4 is 5.32 Å². The van der Waals surface area contributed by atoms with E-state index in [1.165, 1.54) is 4.80 Å². The van der Waals surface area contributed by atoms with E-state index in [4.69, 9.17) is 0 Å². The number of fused-ring (bicyclic) bond motifs is 1. The molecule has 2 aliphatic rings. The zero-order valence-electron chi connectivity index (χ0n) is 14.9. The molecule has 1 unspecified atom stereocenters. The summed E-state index contributed by atoms with van der Waals surface area (Å²) in [6, 6.07) is 9.28. The summed E-state index contributed by atoms with van der Waals surface area (Å²) >= 11 is 0. The van der Waals surface area contributed by atoms with E-state index in [0.29, 0.717) is 17.7 Å². The fraction of sp³-hybridized carbons (Fsp3) is 0.556. The monoisotopic (exact) mass is 376 g/mol. The van der Waals surface area contributed by atoms with Crippen LogP contribution in [0, 0.1) is 11.8 Å². The Labute approximate surface area is 159 Å². The van der Waals surface area contributed by atoms with Gasteiger partial charge in [-0.3, -0.25) is 4.79 Å². The molecule has 3 atom stereocenters. The van der Waals surface area contributed by atoms with Gasteiger partial charge in [0.05, 0.1) is 0 Å². The molecule has 26 heavy (non-hydrogen) atoms. The lowest BCUT2D eigenvalue weighted by Crippen LogP contribution is -2.38. The Balaban J connectivity index is 0.00000196. The lowest BCUT2D eigenvalue weighted by molar-refractivity contribution is -0.134. The highest BCUT2D eigenvalue weighted by Crippen LogP contribution is 2.28. The number of hydrogen-bond acceptors (Lipinski definition) is 5.